The first-order chi connectivity index (χ1) is 12.4. The Morgan fingerprint density at radius 2 is 1.88 bits per heavy atom. The molecule has 0 N–H and O–H groups in total. The van der Waals surface area contributed by atoms with E-state index in [1.54, 1.807) is 0 Å². The summed E-state index contributed by atoms with van der Waals surface area (Å²) in [7, 11) is 1.28. The summed E-state index contributed by atoms with van der Waals surface area (Å²) < 4.78 is 10.2. The van der Waals surface area contributed by atoms with Crippen LogP contribution in [0.1, 0.15) is 10.4 Å². The normalized spacial score (nSPS) is 12.1. The largest absolute Gasteiger partial charge is 0.490 e. The summed E-state index contributed by atoms with van der Waals surface area (Å²) in [5.41, 5.74) is -0.414. The molecule has 0 aromatic heterocycles. The van der Waals surface area contributed by atoms with Crippen LogP contribution in [0.25, 0.3) is 0 Å². The molecule has 132 valence electrons. The Kier molecular flexibility index (Phi) is 4.23. The third kappa shape index (κ3) is 2.90. The van der Waals surface area contributed by atoms with Gasteiger partial charge in [-0.2, -0.15) is 0 Å². The van der Waals surface area contributed by atoms with Gasteiger partial charge < -0.3 is 9.47 Å². The molecular formula is C16H11N3O7. The quantitative estimate of drug-likeness (QED) is 0.608. The number of hydrogen-bond donors (Lipinski definition) is 0. The van der Waals surface area contributed by atoms with Crippen molar-refractivity contribution in [1.82, 2.24) is 0 Å². The highest BCUT2D eigenvalue weighted by Gasteiger charge is 2.26. The average Bonchev–Trinajstić information content (AvgIpc) is 2.65. The number of fused-ring (bicyclic) bond motifs is 1. The first-order valence-electron chi connectivity index (χ1n) is 7.20. The van der Waals surface area contributed by atoms with Crippen molar-refractivity contribution in [2.24, 2.45) is 0 Å². The molecule has 1 heterocycles. The van der Waals surface area contributed by atoms with Crippen molar-refractivity contribution in [2.75, 3.05) is 12.0 Å². The van der Waals surface area contributed by atoms with Gasteiger partial charge in [-0.25, -0.2) is 0 Å². The molecule has 0 saturated heterocycles. The zero-order valence-electron chi connectivity index (χ0n) is 13.3. The second-order valence-corrected chi connectivity index (χ2v) is 5.13. The molecule has 0 saturated carbocycles. The molecule has 26 heavy (non-hydrogen) atoms. The minimum Gasteiger partial charge on any atom is -0.490 e. The van der Waals surface area contributed by atoms with Crippen LogP contribution in [-0.2, 0) is 0 Å². The molecule has 1 amide bonds. The Bertz CT molecular complexity index is 955. The van der Waals surface area contributed by atoms with Crippen LogP contribution in [-0.4, -0.2) is 22.9 Å². The number of nitro groups is 2. The van der Waals surface area contributed by atoms with Gasteiger partial charge >= 0.3 is 5.69 Å². The lowest BCUT2D eigenvalue weighted by molar-refractivity contribution is -0.385. The van der Waals surface area contributed by atoms with E-state index in [1.165, 1.54) is 49.9 Å². The van der Waals surface area contributed by atoms with Crippen molar-refractivity contribution in [3.8, 4) is 11.5 Å². The van der Waals surface area contributed by atoms with Crippen LogP contribution < -0.4 is 14.4 Å². The van der Waals surface area contributed by atoms with Crippen LogP contribution in [0.15, 0.2) is 48.9 Å². The number of nitrogens with zero attached hydrogens (tertiary/aromatic N) is 3. The standard InChI is InChI=1S/C16H11N3O7/c1-25-14-4-2-10(8-13(14)19(23)24)16(20)17-6-7-26-15-5-3-11(18(21)22)9-12(15)17/h2-9H,1H3. The Labute approximate surface area is 146 Å². The summed E-state index contributed by atoms with van der Waals surface area (Å²) >= 11 is 0. The van der Waals surface area contributed by atoms with E-state index >= 15 is 0 Å². The number of rotatable bonds is 4. The molecule has 2 aromatic carbocycles. The molecular weight excluding hydrogens is 346 g/mol. The maximum atomic E-state index is 12.8. The lowest BCUT2D eigenvalue weighted by Crippen LogP contribution is -2.27. The Morgan fingerprint density at radius 1 is 1.12 bits per heavy atom. The van der Waals surface area contributed by atoms with Gasteiger partial charge in [-0.1, -0.05) is 0 Å². The number of methoxy groups -OCH3 is 1. The minimum absolute atomic E-state index is 0.0140. The molecule has 0 atom stereocenters. The molecule has 0 unspecified atom stereocenters. The molecule has 0 bridgehead atoms. The van der Waals surface area contributed by atoms with Gasteiger partial charge in [-0.15, -0.1) is 0 Å². The number of anilines is 1. The fourth-order valence-corrected chi connectivity index (χ4v) is 2.43. The van der Waals surface area contributed by atoms with Gasteiger partial charge in [-0.3, -0.25) is 29.9 Å². The summed E-state index contributed by atoms with van der Waals surface area (Å²) in [6.07, 6.45) is 2.52. The van der Waals surface area contributed by atoms with E-state index in [1.807, 2.05) is 0 Å². The van der Waals surface area contributed by atoms with Crippen LogP contribution in [0.3, 0.4) is 0 Å². The number of hydrogen-bond acceptors (Lipinski definition) is 7. The molecule has 0 radical (unpaired) electrons. The molecule has 0 aliphatic carbocycles. The maximum Gasteiger partial charge on any atom is 0.311 e. The van der Waals surface area contributed by atoms with Crippen LogP contribution >= 0.6 is 0 Å². The van der Waals surface area contributed by atoms with E-state index in [0.717, 1.165) is 11.0 Å². The second kappa shape index (κ2) is 6.51. The highest BCUT2D eigenvalue weighted by molar-refractivity contribution is 6.09. The lowest BCUT2D eigenvalue weighted by Gasteiger charge is -2.24. The third-order valence-electron chi connectivity index (χ3n) is 3.66. The number of carbonyl (C=O) groups excluding carboxylic acids is 1. The monoisotopic (exact) mass is 357 g/mol. The number of ether oxygens (including phenoxy) is 2. The van der Waals surface area contributed by atoms with Gasteiger partial charge in [0.2, 0.25) is 0 Å². The number of carbonyl (C=O) groups is 1. The van der Waals surface area contributed by atoms with E-state index in [2.05, 4.69) is 0 Å². The van der Waals surface area contributed by atoms with Gasteiger partial charge in [-0.05, 0) is 18.2 Å². The number of benzene rings is 2. The number of nitro benzene ring substituents is 2. The van der Waals surface area contributed by atoms with Crippen molar-refractivity contribution in [3.05, 3.63) is 74.7 Å². The van der Waals surface area contributed by atoms with E-state index in [4.69, 9.17) is 9.47 Å². The zero-order valence-corrected chi connectivity index (χ0v) is 13.3. The molecule has 0 spiro atoms. The van der Waals surface area contributed by atoms with Crippen molar-refractivity contribution in [3.63, 3.8) is 0 Å². The van der Waals surface area contributed by atoms with E-state index < -0.39 is 15.8 Å². The van der Waals surface area contributed by atoms with Gasteiger partial charge in [0.05, 0.1) is 22.6 Å². The Hall–Kier alpha value is -3.95. The number of amides is 1. The Morgan fingerprint density at radius 3 is 2.54 bits per heavy atom. The highest BCUT2D eigenvalue weighted by atomic mass is 16.6. The molecule has 3 rings (SSSR count). The van der Waals surface area contributed by atoms with Crippen LogP contribution in [0, 0.1) is 20.2 Å². The molecule has 1 aliphatic rings. The van der Waals surface area contributed by atoms with E-state index in [9.17, 15) is 25.0 Å². The fraction of sp³-hybridized carbons (Fsp3) is 0.0625. The fourth-order valence-electron chi connectivity index (χ4n) is 2.43. The smallest absolute Gasteiger partial charge is 0.311 e. The molecule has 0 fully saturated rings. The van der Waals surface area contributed by atoms with Crippen LogP contribution in [0.5, 0.6) is 11.5 Å². The van der Waals surface area contributed by atoms with E-state index in [-0.39, 0.29) is 34.1 Å². The van der Waals surface area contributed by atoms with Crippen molar-refractivity contribution >= 4 is 23.0 Å². The zero-order chi connectivity index (χ0) is 18.8. The predicted octanol–water partition coefficient (Wildman–Crippen LogP) is 3.02. The van der Waals surface area contributed by atoms with Gasteiger partial charge in [0, 0.05) is 30.0 Å². The first-order valence-corrected chi connectivity index (χ1v) is 7.20. The first kappa shape index (κ1) is 16.9. The summed E-state index contributed by atoms with van der Waals surface area (Å²) in [5, 5.41) is 22.1. The van der Waals surface area contributed by atoms with Gasteiger partial charge in [0.15, 0.2) is 11.5 Å². The summed E-state index contributed by atoms with van der Waals surface area (Å²) in [6, 6.07) is 7.57. The SMILES string of the molecule is COc1ccc(C(=O)N2C=COc3ccc([N+](=O)[O-])cc32)cc1[N+](=O)[O-]. The lowest BCUT2D eigenvalue weighted by atomic mass is 10.1. The van der Waals surface area contributed by atoms with Crippen LogP contribution in [0.2, 0.25) is 0 Å². The summed E-state index contributed by atoms with van der Waals surface area (Å²) in [4.78, 5) is 34.8. The maximum absolute atomic E-state index is 12.8. The van der Waals surface area contributed by atoms with Gasteiger partial charge in [0.25, 0.3) is 11.6 Å². The number of non-ortho nitro benzene ring substituents is 1. The second-order valence-electron chi connectivity index (χ2n) is 5.13. The Balaban J connectivity index is 2.04. The average molecular weight is 357 g/mol. The van der Waals surface area contributed by atoms with Crippen molar-refractivity contribution in [1.29, 1.82) is 0 Å². The van der Waals surface area contributed by atoms with Crippen LogP contribution in [0.4, 0.5) is 17.1 Å². The van der Waals surface area contributed by atoms with E-state index in [0.29, 0.717) is 0 Å². The third-order valence-corrected chi connectivity index (χ3v) is 3.66. The predicted molar refractivity (Wildman–Crippen MR) is 89.3 cm³/mol. The molecule has 10 heteroatoms. The van der Waals surface area contributed by atoms with Crippen molar-refractivity contribution < 1.29 is 24.1 Å². The minimum atomic E-state index is -0.663. The molecule has 1 aliphatic heterocycles. The summed E-state index contributed by atoms with van der Waals surface area (Å²) in [6.45, 7) is 0. The molecule has 10 nitrogen and oxygen atoms in total. The van der Waals surface area contributed by atoms with Crippen molar-refractivity contribution in [2.45, 2.75) is 0 Å². The topological polar surface area (TPSA) is 125 Å². The van der Waals surface area contributed by atoms with Gasteiger partial charge in [0.1, 0.15) is 6.26 Å². The molecule has 2 aromatic rings. The highest BCUT2D eigenvalue weighted by Crippen LogP contribution is 2.37. The summed E-state index contributed by atoms with van der Waals surface area (Å²) in [5.74, 6) is -0.355.